The number of hydrogen-bond donors (Lipinski definition) is 0. The second-order valence-electron chi connectivity index (χ2n) is 5.44. The first-order chi connectivity index (χ1) is 7.47. The quantitative estimate of drug-likeness (QED) is 0.343. The maximum absolute atomic E-state index is 5.52. The van der Waals surface area contributed by atoms with Crippen molar-refractivity contribution in [2.24, 2.45) is 0 Å². The molecule has 0 aromatic rings. The predicted molar refractivity (Wildman–Crippen MR) is 77.2 cm³/mol. The fraction of sp³-hybridized carbons (Fsp3) is 0.733. The van der Waals surface area contributed by atoms with Gasteiger partial charge in [-0.3, -0.25) is 0 Å². The monoisotopic (exact) mass is 235 g/mol. The van der Waals surface area contributed by atoms with Gasteiger partial charge in [0.2, 0.25) is 0 Å². The topological polar surface area (TPSA) is 0 Å². The molecule has 16 heavy (non-hydrogen) atoms. The Morgan fingerprint density at radius 2 is 2.00 bits per heavy atom. The Morgan fingerprint density at radius 1 is 1.38 bits per heavy atom. The van der Waals surface area contributed by atoms with Crippen LogP contribution < -0.4 is 0 Å². The number of hydrogen-bond acceptors (Lipinski definition) is 0. The lowest BCUT2D eigenvalue weighted by Gasteiger charge is -2.34. The zero-order chi connectivity index (χ0) is 12.6. The Labute approximate surface area is 104 Å². The highest BCUT2D eigenvalue weighted by atomic mass is 28.3. The third kappa shape index (κ3) is 5.56. The van der Waals surface area contributed by atoms with E-state index in [1.165, 1.54) is 18.9 Å². The molecule has 0 saturated heterocycles. The minimum atomic E-state index is -0.416. The van der Waals surface area contributed by atoms with Crippen LogP contribution in [0, 0.1) is 12.3 Å². The largest absolute Gasteiger partial charge is 0.120 e. The van der Waals surface area contributed by atoms with Crippen LogP contribution in [-0.4, -0.2) is 8.80 Å². The van der Waals surface area contributed by atoms with E-state index in [0.717, 1.165) is 12.0 Å². The van der Waals surface area contributed by atoms with Gasteiger partial charge >= 0.3 is 0 Å². The van der Waals surface area contributed by atoms with Crippen LogP contribution in [0.1, 0.15) is 53.9 Å². The van der Waals surface area contributed by atoms with Crippen molar-refractivity contribution in [2.45, 2.75) is 70.5 Å². The van der Waals surface area contributed by atoms with Crippen molar-refractivity contribution in [1.29, 1.82) is 0 Å². The van der Waals surface area contributed by atoms with Gasteiger partial charge < -0.3 is 0 Å². The molecule has 1 atom stereocenters. The normalized spacial score (nSPS) is 14.3. The Morgan fingerprint density at radius 3 is 2.38 bits per heavy atom. The molecule has 0 rings (SSSR count). The van der Waals surface area contributed by atoms with Gasteiger partial charge in [0.05, 0.1) is 8.80 Å². The molecule has 0 aliphatic heterocycles. The molecule has 0 heterocycles. The van der Waals surface area contributed by atoms with E-state index in [1.54, 1.807) is 0 Å². The van der Waals surface area contributed by atoms with Crippen molar-refractivity contribution in [3.63, 3.8) is 0 Å². The van der Waals surface area contributed by atoms with Crippen LogP contribution in [0.15, 0.2) is 12.2 Å². The first-order valence-electron chi connectivity index (χ1n) is 6.38. The number of rotatable bonds is 6. The number of terminal acetylenes is 1. The van der Waals surface area contributed by atoms with Gasteiger partial charge in [0, 0.05) is 6.42 Å². The molecule has 0 N–H and O–H groups in total. The van der Waals surface area contributed by atoms with Crippen molar-refractivity contribution in [3.8, 4) is 12.3 Å². The van der Waals surface area contributed by atoms with Gasteiger partial charge in [-0.2, -0.15) is 0 Å². The molecule has 0 fully saturated rings. The summed E-state index contributed by atoms with van der Waals surface area (Å²) in [6.45, 7) is 11.5. The summed E-state index contributed by atoms with van der Waals surface area (Å²) in [6.07, 6.45) is 13.6. The molecule has 0 unspecified atom stereocenters. The second kappa shape index (κ2) is 7.74. The van der Waals surface area contributed by atoms with Crippen LogP contribution in [0.3, 0.4) is 0 Å². The summed E-state index contributed by atoms with van der Waals surface area (Å²) in [5.74, 6) is 2.88. The van der Waals surface area contributed by atoms with E-state index in [-0.39, 0.29) is 0 Å². The summed E-state index contributed by atoms with van der Waals surface area (Å²) in [5.41, 5.74) is 0.774. The van der Waals surface area contributed by atoms with E-state index in [1.807, 2.05) is 0 Å². The Kier molecular flexibility index (Phi) is 7.50. The fourth-order valence-corrected chi connectivity index (χ4v) is 5.88. The third-order valence-electron chi connectivity index (χ3n) is 3.03. The SMILES string of the molecule is C#CC[C@@H](CCC)[Si](C/C=C\C)C(C)(C)C. The van der Waals surface area contributed by atoms with Gasteiger partial charge in [-0.15, -0.1) is 12.3 Å². The molecule has 1 radical (unpaired) electrons. The predicted octanol–water partition coefficient (Wildman–Crippen LogP) is 5.05. The molecule has 0 spiro atoms. The lowest BCUT2D eigenvalue weighted by atomic mass is 10.2. The zero-order valence-electron chi connectivity index (χ0n) is 11.6. The van der Waals surface area contributed by atoms with E-state index >= 15 is 0 Å². The molecular weight excluding hydrogens is 208 g/mol. The van der Waals surface area contributed by atoms with Gasteiger partial charge in [-0.25, -0.2) is 0 Å². The highest BCUT2D eigenvalue weighted by Gasteiger charge is 2.31. The van der Waals surface area contributed by atoms with Crippen LogP contribution in [0.2, 0.25) is 16.6 Å². The summed E-state index contributed by atoms with van der Waals surface area (Å²) in [5, 5.41) is 0.445. The molecule has 0 amide bonds. The summed E-state index contributed by atoms with van der Waals surface area (Å²) in [6, 6.07) is 1.26. The van der Waals surface area contributed by atoms with E-state index in [4.69, 9.17) is 6.42 Å². The van der Waals surface area contributed by atoms with E-state index in [9.17, 15) is 0 Å². The minimum Gasteiger partial charge on any atom is -0.120 e. The van der Waals surface area contributed by atoms with Gasteiger partial charge in [0.15, 0.2) is 0 Å². The van der Waals surface area contributed by atoms with Crippen molar-refractivity contribution < 1.29 is 0 Å². The Hall–Kier alpha value is -0.483. The molecule has 0 aromatic heterocycles. The molecule has 0 saturated carbocycles. The van der Waals surface area contributed by atoms with Gasteiger partial charge in [-0.1, -0.05) is 52.7 Å². The average molecular weight is 235 g/mol. The summed E-state index contributed by atoms with van der Waals surface area (Å²) in [4.78, 5) is 0. The van der Waals surface area contributed by atoms with Crippen molar-refractivity contribution in [3.05, 3.63) is 12.2 Å². The van der Waals surface area contributed by atoms with E-state index in [0.29, 0.717) is 5.04 Å². The second-order valence-corrected chi connectivity index (χ2v) is 9.22. The highest BCUT2D eigenvalue weighted by molar-refractivity contribution is 6.64. The standard InChI is InChI=1S/C15H27Si/c1-7-10-13-16(15(4,5)6)14(11-8-2)12-9-3/h2,7,10,14H,9,11-13H2,1,3-6H3/b10-7-/t14-/m0/s1. The molecule has 0 nitrogen and oxygen atoms in total. The maximum atomic E-state index is 5.52. The van der Waals surface area contributed by atoms with Crippen LogP contribution in [-0.2, 0) is 0 Å². The van der Waals surface area contributed by atoms with Crippen LogP contribution in [0.25, 0.3) is 0 Å². The molecule has 0 aromatic carbocycles. The van der Waals surface area contributed by atoms with Crippen LogP contribution >= 0.6 is 0 Å². The third-order valence-corrected chi connectivity index (χ3v) is 7.11. The Bertz CT molecular complexity index is 239. The zero-order valence-corrected chi connectivity index (χ0v) is 12.6. The average Bonchev–Trinajstić information content (AvgIpc) is 2.17. The van der Waals surface area contributed by atoms with Gasteiger partial charge in [-0.05, 0) is 23.5 Å². The lowest BCUT2D eigenvalue weighted by Crippen LogP contribution is -2.30. The Balaban J connectivity index is 4.74. The molecule has 91 valence electrons. The summed E-state index contributed by atoms with van der Waals surface area (Å²) < 4.78 is 0. The van der Waals surface area contributed by atoms with Crippen molar-refractivity contribution in [1.82, 2.24) is 0 Å². The van der Waals surface area contributed by atoms with E-state index in [2.05, 4.69) is 52.7 Å². The first kappa shape index (κ1) is 15.5. The molecule has 0 aliphatic rings. The van der Waals surface area contributed by atoms with Crippen molar-refractivity contribution in [2.75, 3.05) is 0 Å². The highest BCUT2D eigenvalue weighted by Crippen LogP contribution is 2.40. The van der Waals surface area contributed by atoms with Gasteiger partial charge in [0.25, 0.3) is 0 Å². The molecule has 0 aliphatic carbocycles. The smallest absolute Gasteiger partial charge is 0.0619 e. The molecular formula is C15H27Si. The summed E-state index contributed by atoms with van der Waals surface area (Å²) in [7, 11) is -0.416. The summed E-state index contributed by atoms with van der Waals surface area (Å²) >= 11 is 0. The molecule has 1 heteroatoms. The lowest BCUT2D eigenvalue weighted by molar-refractivity contribution is 0.653. The fourth-order valence-electron chi connectivity index (χ4n) is 2.22. The first-order valence-corrected chi connectivity index (χ1v) is 8.16. The van der Waals surface area contributed by atoms with Crippen LogP contribution in [0.4, 0.5) is 0 Å². The van der Waals surface area contributed by atoms with E-state index < -0.39 is 8.80 Å². The van der Waals surface area contributed by atoms with Gasteiger partial charge in [0.1, 0.15) is 0 Å². The number of allylic oxidation sites excluding steroid dienone is 2. The maximum Gasteiger partial charge on any atom is 0.0619 e. The molecule has 0 bridgehead atoms. The van der Waals surface area contributed by atoms with Crippen molar-refractivity contribution >= 4 is 8.80 Å². The van der Waals surface area contributed by atoms with Crippen LogP contribution in [0.5, 0.6) is 0 Å². The minimum absolute atomic E-state index is 0.416.